The largest absolute Gasteiger partial charge is 0.294 e. The molecule has 0 atom stereocenters. The number of amides is 1. The zero-order valence-corrected chi connectivity index (χ0v) is 16.4. The van der Waals surface area contributed by atoms with Gasteiger partial charge < -0.3 is 0 Å². The van der Waals surface area contributed by atoms with E-state index in [1.165, 1.54) is 11.3 Å². The number of rotatable bonds is 8. The fourth-order valence-electron chi connectivity index (χ4n) is 2.80. The van der Waals surface area contributed by atoms with Crippen molar-refractivity contribution in [2.24, 2.45) is 0 Å². The molecule has 1 aromatic heterocycles. The second kappa shape index (κ2) is 8.92. The summed E-state index contributed by atoms with van der Waals surface area (Å²) < 4.78 is 0. The third-order valence-electron chi connectivity index (χ3n) is 3.99. The van der Waals surface area contributed by atoms with Gasteiger partial charge in [-0.2, -0.15) is 0 Å². The quantitative estimate of drug-likeness (QED) is 0.638. The van der Waals surface area contributed by atoms with Gasteiger partial charge in [0.05, 0.1) is 11.4 Å². The molecular formula is C20H27N3OS. The standard InChI is InChI=1S/C20H27N3OS/c1-6-17-10-8-9-11-19(17)23(16(5)24)20-21-18(14-25-20)13-22(7-2)12-15(3)4/h8-11,14H,3,6-7,12-13H2,1-2,4-5H3. The van der Waals surface area contributed by atoms with E-state index in [1.54, 1.807) is 11.8 Å². The maximum Gasteiger partial charge on any atom is 0.230 e. The third-order valence-corrected chi connectivity index (χ3v) is 4.86. The Bertz CT molecular complexity index is 738. The number of carbonyl (C=O) groups excluding carboxylic acids is 1. The summed E-state index contributed by atoms with van der Waals surface area (Å²) in [5, 5.41) is 2.77. The van der Waals surface area contributed by atoms with Crippen LogP contribution in [0.1, 0.15) is 39.0 Å². The Morgan fingerprint density at radius 2 is 1.96 bits per heavy atom. The van der Waals surface area contributed by atoms with Crippen molar-refractivity contribution >= 4 is 28.1 Å². The van der Waals surface area contributed by atoms with E-state index in [0.717, 1.165) is 53.7 Å². The summed E-state index contributed by atoms with van der Waals surface area (Å²) >= 11 is 1.52. The number of nitrogens with zero attached hydrogens (tertiary/aromatic N) is 3. The molecule has 0 fully saturated rings. The molecule has 0 N–H and O–H groups in total. The Hall–Kier alpha value is -1.98. The minimum Gasteiger partial charge on any atom is -0.294 e. The van der Waals surface area contributed by atoms with Crippen molar-refractivity contribution in [1.82, 2.24) is 9.88 Å². The van der Waals surface area contributed by atoms with Crippen LogP contribution in [-0.2, 0) is 17.8 Å². The number of thiazole rings is 1. The molecule has 4 nitrogen and oxygen atoms in total. The van der Waals surface area contributed by atoms with Crippen molar-refractivity contribution in [3.05, 3.63) is 53.1 Å². The fraction of sp³-hybridized carbons (Fsp3) is 0.400. The van der Waals surface area contributed by atoms with Gasteiger partial charge in [0.25, 0.3) is 0 Å². The first kappa shape index (κ1) is 19.3. The predicted octanol–water partition coefficient (Wildman–Crippen LogP) is 4.79. The monoisotopic (exact) mass is 357 g/mol. The number of aryl methyl sites for hydroxylation is 1. The minimum absolute atomic E-state index is 0.0175. The Morgan fingerprint density at radius 3 is 2.56 bits per heavy atom. The molecule has 0 bridgehead atoms. The molecular weight excluding hydrogens is 330 g/mol. The Morgan fingerprint density at radius 1 is 1.24 bits per heavy atom. The Kier molecular flexibility index (Phi) is 6.91. The first-order chi connectivity index (χ1) is 12.0. The van der Waals surface area contributed by atoms with Crippen LogP contribution in [0.4, 0.5) is 10.8 Å². The molecule has 1 aromatic carbocycles. The van der Waals surface area contributed by atoms with Gasteiger partial charge in [0, 0.05) is 25.4 Å². The number of hydrogen-bond acceptors (Lipinski definition) is 4. The molecule has 5 heteroatoms. The lowest BCUT2D eigenvalue weighted by molar-refractivity contribution is -0.115. The van der Waals surface area contributed by atoms with Crippen LogP contribution >= 0.6 is 11.3 Å². The molecule has 134 valence electrons. The van der Waals surface area contributed by atoms with Gasteiger partial charge in [-0.15, -0.1) is 11.3 Å². The van der Waals surface area contributed by atoms with Crippen LogP contribution in [0.15, 0.2) is 41.8 Å². The van der Waals surface area contributed by atoms with Crippen LogP contribution in [0.2, 0.25) is 0 Å². The molecule has 0 saturated carbocycles. The number of carbonyl (C=O) groups is 1. The number of para-hydroxylation sites is 1. The lowest BCUT2D eigenvalue weighted by Crippen LogP contribution is -2.25. The number of likely N-dealkylation sites (N-methyl/N-ethyl adjacent to an activating group) is 1. The highest BCUT2D eigenvalue weighted by Gasteiger charge is 2.20. The van der Waals surface area contributed by atoms with Gasteiger partial charge in [0.2, 0.25) is 5.91 Å². The summed E-state index contributed by atoms with van der Waals surface area (Å²) in [6, 6.07) is 8.02. The van der Waals surface area contributed by atoms with Crippen LogP contribution in [0, 0.1) is 0 Å². The van der Waals surface area contributed by atoms with E-state index < -0.39 is 0 Å². The second-order valence-electron chi connectivity index (χ2n) is 6.22. The van der Waals surface area contributed by atoms with E-state index in [9.17, 15) is 4.79 Å². The van der Waals surface area contributed by atoms with Crippen LogP contribution in [0.5, 0.6) is 0 Å². The lowest BCUT2D eigenvalue weighted by atomic mass is 10.1. The van der Waals surface area contributed by atoms with Crippen LogP contribution in [-0.4, -0.2) is 28.9 Å². The molecule has 0 unspecified atom stereocenters. The SMILES string of the molecule is C=C(C)CN(CC)Cc1csc(N(C(C)=O)c2ccccc2CC)n1. The molecule has 1 heterocycles. The third kappa shape index (κ3) is 5.00. The molecule has 2 rings (SSSR count). The molecule has 25 heavy (non-hydrogen) atoms. The smallest absolute Gasteiger partial charge is 0.230 e. The van der Waals surface area contributed by atoms with Crippen molar-refractivity contribution < 1.29 is 4.79 Å². The van der Waals surface area contributed by atoms with Gasteiger partial charge in [0.15, 0.2) is 5.13 Å². The van der Waals surface area contributed by atoms with E-state index in [4.69, 9.17) is 4.98 Å². The number of benzene rings is 1. The topological polar surface area (TPSA) is 36.4 Å². The summed E-state index contributed by atoms with van der Waals surface area (Å²) in [4.78, 5) is 21.1. The van der Waals surface area contributed by atoms with E-state index in [0.29, 0.717) is 0 Å². The van der Waals surface area contributed by atoms with Crippen molar-refractivity contribution in [3.8, 4) is 0 Å². The number of anilines is 2. The minimum atomic E-state index is -0.0175. The molecule has 0 aliphatic heterocycles. The molecule has 2 aromatic rings. The maximum absolute atomic E-state index is 12.3. The predicted molar refractivity (Wildman–Crippen MR) is 107 cm³/mol. The second-order valence-corrected chi connectivity index (χ2v) is 7.06. The number of aromatic nitrogens is 1. The average Bonchev–Trinajstić information content (AvgIpc) is 3.02. The van der Waals surface area contributed by atoms with Gasteiger partial charge in [-0.25, -0.2) is 4.98 Å². The zero-order valence-electron chi connectivity index (χ0n) is 15.6. The van der Waals surface area contributed by atoms with Crippen molar-refractivity contribution in [2.45, 2.75) is 40.7 Å². The van der Waals surface area contributed by atoms with E-state index >= 15 is 0 Å². The van der Waals surface area contributed by atoms with Gasteiger partial charge in [0.1, 0.15) is 0 Å². The van der Waals surface area contributed by atoms with Gasteiger partial charge >= 0.3 is 0 Å². The van der Waals surface area contributed by atoms with Crippen molar-refractivity contribution in [1.29, 1.82) is 0 Å². The maximum atomic E-state index is 12.3. The normalized spacial score (nSPS) is 10.9. The number of hydrogen-bond donors (Lipinski definition) is 0. The van der Waals surface area contributed by atoms with Crippen LogP contribution < -0.4 is 4.90 Å². The van der Waals surface area contributed by atoms with Crippen molar-refractivity contribution in [3.63, 3.8) is 0 Å². The lowest BCUT2D eigenvalue weighted by Gasteiger charge is -2.21. The highest BCUT2D eigenvalue weighted by Crippen LogP contribution is 2.32. The molecule has 0 spiro atoms. The van der Waals surface area contributed by atoms with E-state index in [-0.39, 0.29) is 5.91 Å². The molecule has 0 aliphatic rings. The Balaban J connectivity index is 2.28. The summed E-state index contributed by atoms with van der Waals surface area (Å²) in [6.07, 6.45) is 0.875. The summed E-state index contributed by atoms with van der Waals surface area (Å²) in [5.74, 6) is -0.0175. The first-order valence-electron chi connectivity index (χ1n) is 8.66. The molecule has 0 radical (unpaired) electrons. The van der Waals surface area contributed by atoms with Gasteiger partial charge in [-0.3, -0.25) is 14.6 Å². The van der Waals surface area contributed by atoms with Gasteiger partial charge in [-0.1, -0.05) is 44.2 Å². The average molecular weight is 358 g/mol. The molecule has 1 amide bonds. The Labute approximate surface area is 154 Å². The highest BCUT2D eigenvalue weighted by atomic mass is 32.1. The van der Waals surface area contributed by atoms with E-state index in [2.05, 4.69) is 31.4 Å². The highest BCUT2D eigenvalue weighted by molar-refractivity contribution is 7.14. The van der Waals surface area contributed by atoms with Gasteiger partial charge in [-0.05, 0) is 31.5 Å². The molecule has 0 aliphatic carbocycles. The van der Waals surface area contributed by atoms with E-state index in [1.807, 2.05) is 30.5 Å². The van der Waals surface area contributed by atoms with Crippen LogP contribution in [0.3, 0.4) is 0 Å². The molecule has 0 saturated heterocycles. The summed E-state index contributed by atoms with van der Waals surface area (Å²) in [6.45, 7) is 14.4. The fourth-order valence-corrected chi connectivity index (χ4v) is 3.67. The van der Waals surface area contributed by atoms with Crippen molar-refractivity contribution in [2.75, 3.05) is 18.0 Å². The first-order valence-corrected chi connectivity index (χ1v) is 9.53. The van der Waals surface area contributed by atoms with Crippen LogP contribution in [0.25, 0.3) is 0 Å². The summed E-state index contributed by atoms with van der Waals surface area (Å²) in [7, 11) is 0. The zero-order chi connectivity index (χ0) is 18.4. The summed E-state index contributed by atoms with van der Waals surface area (Å²) in [5.41, 5.74) is 4.20.